The number of aromatic carboxylic acids is 1. The van der Waals surface area contributed by atoms with Crippen molar-refractivity contribution in [2.75, 3.05) is 0 Å². The Morgan fingerprint density at radius 3 is 2.58 bits per heavy atom. The second-order valence-electron chi connectivity index (χ2n) is 3.03. The molecule has 0 aliphatic heterocycles. The van der Waals surface area contributed by atoms with Crippen LogP contribution in [-0.4, -0.2) is 20.9 Å². The Kier molecular flexibility index (Phi) is 2.17. The summed E-state index contributed by atoms with van der Waals surface area (Å²) >= 11 is 0. The lowest BCUT2D eigenvalue weighted by Crippen LogP contribution is -2.08. The Labute approximate surface area is 70.8 Å². The van der Waals surface area contributed by atoms with E-state index in [1.807, 2.05) is 13.8 Å². The molecule has 0 aliphatic carbocycles. The van der Waals surface area contributed by atoms with E-state index in [2.05, 4.69) is 5.10 Å². The number of aromatic nitrogens is 2. The van der Waals surface area contributed by atoms with E-state index >= 15 is 0 Å². The molecule has 0 atom stereocenters. The molecule has 0 bridgehead atoms. The van der Waals surface area contributed by atoms with E-state index in [1.165, 1.54) is 4.68 Å². The maximum atomic E-state index is 10.7. The van der Waals surface area contributed by atoms with Crippen molar-refractivity contribution in [3.05, 3.63) is 17.5 Å². The van der Waals surface area contributed by atoms with E-state index in [1.54, 1.807) is 13.2 Å². The lowest BCUT2D eigenvalue weighted by atomic mass is 10.0. The smallest absolute Gasteiger partial charge is 0.354 e. The van der Waals surface area contributed by atoms with E-state index in [9.17, 15) is 4.79 Å². The van der Waals surface area contributed by atoms with Crippen molar-refractivity contribution in [3.63, 3.8) is 0 Å². The maximum absolute atomic E-state index is 10.7. The number of nitrogens with zero attached hydrogens (tertiary/aromatic N) is 2. The fraction of sp³-hybridized carbons (Fsp3) is 0.500. The summed E-state index contributed by atoms with van der Waals surface area (Å²) in [6.45, 7) is 3.90. The molecule has 1 aromatic heterocycles. The van der Waals surface area contributed by atoms with Gasteiger partial charge in [-0.25, -0.2) is 4.79 Å². The van der Waals surface area contributed by atoms with Crippen molar-refractivity contribution in [3.8, 4) is 0 Å². The number of carbonyl (C=O) groups is 1. The molecule has 4 nitrogen and oxygen atoms in total. The summed E-state index contributed by atoms with van der Waals surface area (Å²) < 4.78 is 1.39. The molecule has 0 amide bonds. The van der Waals surface area contributed by atoms with Gasteiger partial charge in [-0.2, -0.15) is 5.10 Å². The Bertz CT molecular complexity index is 302. The van der Waals surface area contributed by atoms with Crippen LogP contribution in [-0.2, 0) is 7.05 Å². The number of aryl methyl sites for hydroxylation is 1. The highest BCUT2D eigenvalue weighted by molar-refractivity contribution is 5.87. The third-order valence-corrected chi connectivity index (χ3v) is 1.79. The van der Waals surface area contributed by atoms with Gasteiger partial charge >= 0.3 is 5.97 Å². The zero-order chi connectivity index (χ0) is 9.30. The first-order chi connectivity index (χ1) is 5.54. The maximum Gasteiger partial charge on any atom is 0.354 e. The molecule has 1 aromatic rings. The molecular formula is C8H12N2O2. The van der Waals surface area contributed by atoms with Crippen LogP contribution in [0.1, 0.15) is 35.8 Å². The van der Waals surface area contributed by atoms with Gasteiger partial charge in [-0.15, -0.1) is 0 Å². The average molecular weight is 168 g/mol. The fourth-order valence-corrected chi connectivity index (χ4v) is 1.14. The molecule has 0 spiro atoms. The lowest BCUT2D eigenvalue weighted by molar-refractivity contribution is 0.0683. The molecule has 1 rings (SSSR count). The Morgan fingerprint density at radius 1 is 1.67 bits per heavy atom. The first kappa shape index (κ1) is 8.77. The summed E-state index contributed by atoms with van der Waals surface area (Å²) in [7, 11) is 1.63. The molecule has 0 unspecified atom stereocenters. The van der Waals surface area contributed by atoms with Crippen molar-refractivity contribution >= 4 is 5.97 Å². The van der Waals surface area contributed by atoms with Gasteiger partial charge in [-0.3, -0.25) is 4.68 Å². The van der Waals surface area contributed by atoms with Crippen LogP contribution in [0.2, 0.25) is 0 Å². The van der Waals surface area contributed by atoms with Crippen LogP contribution >= 0.6 is 0 Å². The standard InChI is InChI=1S/C8H12N2O2/c1-5(2)6-4-9-10(3)7(6)8(11)12/h4-5H,1-3H3,(H,11,12). The summed E-state index contributed by atoms with van der Waals surface area (Å²) in [6.07, 6.45) is 1.61. The minimum absolute atomic E-state index is 0.199. The summed E-state index contributed by atoms with van der Waals surface area (Å²) in [4.78, 5) is 10.7. The minimum Gasteiger partial charge on any atom is -0.477 e. The predicted octanol–water partition coefficient (Wildman–Crippen LogP) is 1.24. The molecule has 66 valence electrons. The van der Waals surface area contributed by atoms with Crippen LogP contribution in [0.3, 0.4) is 0 Å². The fourth-order valence-electron chi connectivity index (χ4n) is 1.14. The van der Waals surface area contributed by atoms with Gasteiger partial charge in [-0.05, 0) is 5.92 Å². The SMILES string of the molecule is CC(C)c1cnn(C)c1C(=O)O. The molecule has 0 saturated carbocycles. The number of hydrogen-bond acceptors (Lipinski definition) is 2. The van der Waals surface area contributed by atoms with Crippen molar-refractivity contribution in [2.45, 2.75) is 19.8 Å². The molecule has 1 N–H and O–H groups in total. The van der Waals surface area contributed by atoms with E-state index in [4.69, 9.17) is 5.11 Å². The van der Waals surface area contributed by atoms with Crippen molar-refractivity contribution in [1.29, 1.82) is 0 Å². The zero-order valence-electron chi connectivity index (χ0n) is 7.40. The van der Waals surface area contributed by atoms with Crippen LogP contribution in [0, 0.1) is 0 Å². The highest BCUT2D eigenvalue weighted by atomic mass is 16.4. The van der Waals surface area contributed by atoms with Gasteiger partial charge in [0, 0.05) is 12.6 Å². The highest BCUT2D eigenvalue weighted by Gasteiger charge is 2.17. The monoisotopic (exact) mass is 168 g/mol. The predicted molar refractivity (Wildman–Crippen MR) is 44.3 cm³/mol. The van der Waals surface area contributed by atoms with Gasteiger partial charge in [-0.1, -0.05) is 13.8 Å². The molecule has 0 aromatic carbocycles. The van der Waals surface area contributed by atoms with Gasteiger partial charge in [0.1, 0.15) is 5.69 Å². The van der Waals surface area contributed by atoms with Crippen LogP contribution in [0.15, 0.2) is 6.20 Å². The molecule has 0 aliphatic rings. The molecule has 0 radical (unpaired) electrons. The van der Waals surface area contributed by atoms with E-state index < -0.39 is 5.97 Å². The zero-order valence-corrected chi connectivity index (χ0v) is 7.40. The normalized spacial score (nSPS) is 10.7. The second kappa shape index (κ2) is 2.97. The number of carboxylic acids is 1. The van der Waals surface area contributed by atoms with Gasteiger partial charge in [0.15, 0.2) is 0 Å². The van der Waals surface area contributed by atoms with Crippen LogP contribution < -0.4 is 0 Å². The Hall–Kier alpha value is -1.32. The first-order valence-corrected chi connectivity index (χ1v) is 3.79. The van der Waals surface area contributed by atoms with Gasteiger partial charge in [0.2, 0.25) is 0 Å². The second-order valence-corrected chi connectivity index (χ2v) is 3.03. The molecule has 12 heavy (non-hydrogen) atoms. The van der Waals surface area contributed by atoms with E-state index in [-0.39, 0.29) is 11.6 Å². The molecule has 1 heterocycles. The number of carboxylic acid groups (broad SMARTS) is 1. The van der Waals surface area contributed by atoms with E-state index in [0.717, 1.165) is 5.56 Å². The van der Waals surface area contributed by atoms with E-state index in [0.29, 0.717) is 0 Å². The van der Waals surface area contributed by atoms with Crippen molar-refractivity contribution < 1.29 is 9.90 Å². The molecule has 4 heteroatoms. The van der Waals surface area contributed by atoms with Gasteiger partial charge in [0.05, 0.1) is 6.20 Å². The quantitative estimate of drug-likeness (QED) is 0.722. The van der Waals surface area contributed by atoms with Crippen LogP contribution in [0.4, 0.5) is 0 Å². The largest absolute Gasteiger partial charge is 0.477 e. The highest BCUT2D eigenvalue weighted by Crippen LogP contribution is 2.17. The molecule has 0 saturated heterocycles. The third kappa shape index (κ3) is 1.32. The molecule has 0 fully saturated rings. The Balaban J connectivity index is 3.21. The summed E-state index contributed by atoms with van der Waals surface area (Å²) in [6, 6.07) is 0. The van der Waals surface area contributed by atoms with Crippen molar-refractivity contribution in [2.24, 2.45) is 7.05 Å². The topological polar surface area (TPSA) is 55.1 Å². The van der Waals surface area contributed by atoms with Crippen LogP contribution in [0.25, 0.3) is 0 Å². The number of hydrogen-bond donors (Lipinski definition) is 1. The summed E-state index contributed by atoms with van der Waals surface area (Å²) in [5.41, 5.74) is 1.06. The number of rotatable bonds is 2. The molecular weight excluding hydrogens is 156 g/mol. The summed E-state index contributed by atoms with van der Waals surface area (Å²) in [5.74, 6) is -0.719. The summed E-state index contributed by atoms with van der Waals surface area (Å²) in [5, 5.41) is 12.7. The first-order valence-electron chi connectivity index (χ1n) is 3.79. The van der Waals surface area contributed by atoms with Gasteiger partial charge < -0.3 is 5.11 Å². The third-order valence-electron chi connectivity index (χ3n) is 1.79. The lowest BCUT2D eigenvalue weighted by Gasteiger charge is -2.03. The Morgan fingerprint density at radius 2 is 2.25 bits per heavy atom. The van der Waals surface area contributed by atoms with Gasteiger partial charge in [0.25, 0.3) is 0 Å². The van der Waals surface area contributed by atoms with Crippen LogP contribution in [0.5, 0.6) is 0 Å². The minimum atomic E-state index is -0.918. The van der Waals surface area contributed by atoms with Crippen molar-refractivity contribution in [1.82, 2.24) is 9.78 Å². The average Bonchev–Trinajstić information content (AvgIpc) is 2.30.